The molecule has 0 bridgehead atoms. The Kier molecular flexibility index (Phi) is 8.08. The lowest BCUT2D eigenvalue weighted by Crippen LogP contribution is -2.38. The number of nitrogens with zero attached hydrogens (tertiary/aromatic N) is 1. The molecule has 2 aliphatic carbocycles. The molecule has 4 nitrogen and oxygen atoms in total. The number of nitrogens with one attached hydrogen (secondary N) is 1. The third-order valence-electron chi connectivity index (χ3n) is 8.06. The van der Waals surface area contributed by atoms with Crippen molar-refractivity contribution >= 4 is 17.9 Å². The molecule has 1 N–H and O–H groups in total. The molecule has 0 aromatic heterocycles. The van der Waals surface area contributed by atoms with E-state index in [1.54, 1.807) is 30.3 Å². The molecule has 8 heteroatoms. The minimum Gasteiger partial charge on any atom is -0.493 e. The lowest BCUT2D eigenvalue weighted by atomic mass is 9.91. The Balaban J connectivity index is 1.10. The average molecular weight is 567 g/mol. The van der Waals surface area contributed by atoms with Crippen molar-refractivity contribution in [2.45, 2.75) is 55.7 Å². The summed E-state index contributed by atoms with van der Waals surface area (Å²) in [5, 5.41) is 0.450. The summed E-state index contributed by atoms with van der Waals surface area (Å²) in [5.74, 6) is -0.352. The van der Waals surface area contributed by atoms with Crippen molar-refractivity contribution in [3.05, 3.63) is 100 Å². The molecule has 2 saturated carbocycles. The molecule has 3 aromatic rings. The molecule has 0 spiro atoms. The zero-order valence-corrected chi connectivity index (χ0v) is 23.1. The fourth-order valence-electron chi connectivity index (χ4n) is 5.45. The first-order valence-electron chi connectivity index (χ1n) is 14.1. The van der Waals surface area contributed by atoms with Crippen molar-refractivity contribution in [1.29, 1.82) is 0 Å². The summed E-state index contributed by atoms with van der Waals surface area (Å²) in [6, 6.07) is 16.0. The predicted molar refractivity (Wildman–Crippen MR) is 151 cm³/mol. The number of carbonyl (C=O) groups excluding carboxylic acids is 1. The Morgan fingerprint density at radius 3 is 2.02 bits per heavy atom. The average Bonchev–Trinajstić information content (AvgIpc) is 3.88. The number of hydrogen-bond acceptors (Lipinski definition) is 4. The van der Waals surface area contributed by atoms with E-state index in [1.165, 1.54) is 42.3 Å². The Morgan fingerprint density at radius 2 is 1.48 bits per heavy atom. The molecule has 3 aromatic carbocycles. The molecule has 3 fully saturated rings. The monoisotopic (exact) mass is 566 g/mol. The molecule has 210 valence electrons. The molecular weight excluding hydrogens is 533 g/mol. The van der Waals surface area contributed by atoms with E-state index in [0.29, 0.717) is 29.4 Å². The molecule has 0 radical (unpaired) electrons. The Morgan fingerprint density at radius 1 is 0.875 bits per heavy atom. The zero-order valence-electron chi connectivity index (χ0n) is 22.3. The Bertz CT molecular complexity index is 1290. The first-order valence-corrected chi connectivity index (χ1v) is 15.0. The van der Waals surface area contributed by atoms with Crippen molar-refractivity contribution in [3.63, 3.8) is 0 Å². The molecule has 1 heterocycles. The maximum atomic E-state index is 15.0. The van der Waals surface area contributed by atoms with Gasteiger partial charge in [-0.3, -0.25) is 14.4 Å². The summed E-state index contributed by atoms with van der Waals surface area (Å²) in [7, 11) is 0. The van der Waals surface area contributed by atoms with Gasteiger partial charge in [-0.2, -0.15) is 0 Å². The maximum Gasteiger partial charge on any atom is 0.264 e. The topological polar surface area (TPSA) is 41.6 Å². The van der Waals surface area contributed by atoms with Crippen LogP contribution in [-0.2, 0) is 0 Å². The van der Waals surface area contributed by atoms with Crippen LogP contribution < -0.4 is 9.46 Å². The van der Waals surface area contributed by atoms with Crippen molar-refractivity contribution in [2.75, 3.05) is 19.7 Å². The minimum absolute atomic E-state index is 0.0864. The van der Waals surface area contributed by atoms with Crippen molar-refractivity contribution in [3.8, 4) is 5.75 Å². The second-order valence-corrected chi connectivity index (χ2v) is 12.3. The van der Waals surface area contributed by atoms with Crippen LogP contribution in [0.5, 0.6) is 5.75 Å². The first kappa shape index (κ1) is 27.2. The van der Waals surface area contributed by atoms with Gasteiger partial charge in [-0.05, 0) is 122 Å². The highest BCUT2D eigenvalue weighted by Crippen LogP contribution is 2.45. The highest BCUT2D eigenvalue weighted by Gasteiger charge is 2.32. The fourth-order valence-corrected chi connectivity index (χ4v) is 6.21. The van der Waals surface area contributed by atoms with Crippen LogP contribution in [0, 0.1) is 23.4 Å². The molecule has 0 atom stereocenters. The SMILES string of the molecule is O=C(NSC1CC1)c1cc(C2CC2)c(OCC2CCN(C(c3ccc(F)cc3)c3ccc(F)cc3)CC2)cc1F. The van der Waals surface area contributed by atoms with Gasteiger partial charge in [0.05, 0.1) is 18.2 Å². The number of rotatable bonds is 10. The molecule has 1 amide bonds. The number of halogens is 3. The van der Waals surface area contributed by atoms with Gasteiger partial charge in [0.15, 0.2) is 0 Å². The number of piperidine rings is 1. The van der Waals surface area contributed by atoms with Gasteiger partial charge in [0, 0.05) is 11.3 Å². The van der Waals surface area contributed by atoms with Crippen LogP contribution in [-0.4, -0.2) is 35.8 Å². The van der Waals surface area contributed by atoms with Crippen LogP contribution in [0.25, 0.3) is 0 Å². The van der Waals surface area contributed by atoms with E-state index in [1.807, 2.05) is 0 Å². The molecule has 40 heavy (non-hydrogen) atoms. The highest BCUT2D eigenvalue weighted by atomic mass is 32.2. The van der Waals surface area contributed by atoms with E-state index >= 15 is 0 Å². The lowest BCUT2D eigenvalue weighted by Gasteiger charge is -2.38. The van der Waals surface area contributed by atoms with Gasteiger partial charge < -0.3 is 4.74 Å². The summed E-state index contributed by atoms with van der Waals surface area (Å²) in [4.78, 5) is 14.9. The van der Waals surface area contributed by atoms with Crippen LogP contribution >= 0.6 is 11.9 Å². The van der Waals surface area contributed by atoms with E-state index < -0.39 is 5.82 Å². The molecule has 3 aliphatic rings. The Hall–Kier alpha value is -2.97. The van der Waals surface area contributed by atoms with E-state index in [0.717, 1.165) is 68.3 Å². The van der Waals surface area contributed by atoms with Crippen LogP contribution in [0.15, 0.2) is 60.7 Å². The number of benzene rings is 3. The fraction of sp³-hybridized carbons (Fsp3) is 0.406. The van der Waals surface area contributed by atoms with Crippen LogP contribution in [0.3, 0.4) is 0 Å². The minimum atomic E-state index is -0.551. The lowest BCUT2D eigenvalue weighted by molar-refractivity contribution is 0.0980. The third kappa shape index (κ3) is 6.50. The third-order valence-corrected chi connectivity index (χ3v) is 9.17. The van der Waals surface area contributed by atoms with Crippen molar-refractivity contribution in [2.24, 2.45) is 5.92 Å². The van der Waals surface area contributed by atoms with Crippen LogP contribution in [0.1, 0.15) is 77.5 Å². The van der Waals surface area contributed by atoms with Gasteiger partial charge >= 0.3 is 0 Å². The second kappa shape index (κ2) is 11.9. The largest absolute Gasteiger partial charge is 0.493 e. The maximum absolute atomic E-state index is 15.0. The van der Waals surface area contributed by atoms with E-state index in [9.17, 15) is 18.0 Å². The second-order valence-electron chi connectivity index (χ2n) is 11.2. The molecule has 0 unspecified atom stereocenters. The number of likely N-dealkylation sites (tertiary alicyclic amines) is 1. The van der Waals surface area contributed by atoms with Crippen molar-refractivity contribution in [1.82, 2.24) is 9.62 Å². The molecular formula is C32H33F3N2O2S. The van der Waals surface area contributed by atoms with Gasteiger partial charge in [-0.25, -0.2) is 13.2 Å². The van der Waals surface area contributed by atoms with Gasteiger partial charge in [-0.15, -0.1) is 0 Å². The molecule has 1 aliphatic heterocycles. The van der Waals surface area contributed by atoms with E-state index in [4.69, 9.17) is 4.74 Å². The highest BCUT2D eigenvalue weighted by molar-refractivity contribution is 7.98. The summed E-state index contributed by atoms with van der Waals surface area (Å²) >= 11 is 1.38. The standard InChI is InChI=1S/C32H33F3N2O2S/c33-24-7-3-22(4-8-24)31(23-5-9-25(34)10-6-23)37-15-13-20(14-16-37)19-39-30-18-29(35)28(17-27(30)21-1-2-21)32(38)36-40-26-11-12-26/h3-10,17-18,20-21,26,31H,1-2,11-16,19H2,(H,36,38). The van der Waals surface area contributed by atoms with Crippen LogP contribution in [0.4, 0.5) is 13.2 Å². The normalized spacial score (nSPS) is 18.2. The number of carbonyl (C=O) groups is 1. The number of hydrogen-bond donors (Lipinski definition) is 1. The zero-order chi connectivity index (χ0) is 27.6. The smallest absolute Gasteiger partial charge is 0.264 e. The summed E-state index contributed by atoms with van der Waals surface area (Å²) < 4.78 is 51.3. The summed E-state index contributed by atoms with van der Waals surface area (Å²) in [6.07, 6.45) is 5.99. The number of amides is 1. The Labute approximate surface area is 237 Å². The summed E-state index contributed by atoms with van der Waals surface area (Å²) in [5.41, 5.74) is 2.94. The van der Waals surface area contributed by atoms with Gasteiger partial charge in [-0.1, -0.05) is 24.3 Å². The first-order chi connectivity index (χ1) is 19.4. The van der Waals surface area contributed by atoms with Gasteiger partial charge in [0.1, 0.15) is 23.2 Å². The van der Waals surface area contributed by atoms with Gasteiger partial charge in [0.25, 0.3) is 5.91 Å². The predicted octanol–water partition coefficient (Wildman–Crippen LogP) is 7.40. The molecule has 6 rings (SSSR count). The quantitative estimate of drug-likeness (QED) is 0.260. The molecule has 1 saturated heterocycles. The van der Waals surface area contributed by atoms with Crippen LogP contribution in [0.2, 0.25) is 0 Å². The summed E-state index contributed by atoms with van der Waals surface area (Å²) in [6.45, 7) is 2.08. The van der Waals surface area contributed by atoms with Gasteiger partial charge in [0.2, 0.25) is 0 Å². The van der Waals surface area contributed by atoms with E-state index in [-0.39, 0.29) is 29.1 Å². The number of ether oxygens (including phenoxy) is 1. The van der Waals surface area contributed by atoms with Crippen molar-refractivity contribution < 1.29 is 22.7 Å². The van der Waals surface area contributed by atoms with E-state index in [2.05, 4.69) is 9.62 Å².